The fraction of sp³-hybridized carbons (Fsp3) is 0.900. The molecule has 4 bridgehead atoms. The highest BCUT2D eigenvalue weighted by Crippen LogP contribution is 2.61. The van der Waals surface area contributed by atoms with Crippen molar-refractivity contribution in [2.75, 3.05) is 0 Å². The van der Waals surface area contributed by atoms with Crippen LogP contribution in [0.2, 0.25) is 0 Å². The number of esters is 2. The van der Waals surface area contributed by atoms with Crippen LogP contribution in [0.5, 0.6) is 0 Å². The minimum atomic E-state index is -6.57. The molecule has 0 amide bonds. The summed E-state index contributed by atoms with van der Waals surface area (Å²) >= 11 is 0. The molecule has 4 rings (SSSR count). The monoisotopic (exact) mass is 506 g/mol. The van der Waals surface area contributed by atoms with Gasteiger partial charge in [-0.05, 0) is 64.2 Å². The van der Waals surface area contributed by atoms with Crippen LogP contribution in [0.3, 0.4) is 0 Å². The predicted octanol–water partition coefficient (Wildman–Crippen LogP) is 4.26. The van der Waals surface area contributed by atoms with Crippen molar-refractivity contribution < 1.29 is 54.0 Å². The van der Waals surface area contributed by atoms with Crippen LogP contribution in [0, 0.1) is 23.2 Å². The van der Waals surface area contributed by atoms with E-state index in [0.717, 1.165) is 0 Å². The maximum atomic E-state index is 14.0. The topological polar surface area (TPSA) is 107 Å². The second-order valence-electron chi connectivity index (χ2n) is 10.4. The second kappa shape index (κ2) is 7.76. The van der Waals surface area contributed by atoms with E-state index in [1.807, 2.05) is 0 Å². The molecule has 0 aliphatic heterocycles. The van der Waals surface area contributed by atoms with Gasteiger partial charge in [0, 0.05) is 6.42 Å². The first kappa shape index (κ1) is 26.1. The van der Waals surface area contributed by atoms with Crippen molar-refractivity contribution in [3.63, 3.8) is 0 Å². The first-order valence-corrected chi connectivity index (χ1v) is 12.1. The highest BCUT2D eigenvalue weighted by molar-refractivity contribution is 7.86. The van der Waals surface area contributed by atoms with Gasteiger partial charge in [-0.2, -0.15) is 30.4 Å². The van der Waals surface area contributed by atoms with Crippen molar-refractivity contribution in [3.05, 3.63) is 0 Å². The van der Waals surface area contributed by atoms with Crippen molar-refractivity contribution in [1.82, 2.24) is 0 Å². The lowest BCUT2D eigenvalue weighted by atomic mass is 9.52. The van der Waals surface area contributed by atoms with Crippen LogP contribution in [0.25, 0.3) is 0 Å². The Morgan fingerprint density at radius 3 is 1.85 bits per heavy atom. The predicted molar refractivity (Wildman–Crippen MR) is 102 cm³/mol. The van der Waals surface area contributed by atoms with Gasteiger partial charge in [0.1, 0.15) is 11.2 Å². The van der Waals surface area contributed by atoms with E-state index in [-0.39, 0.29) is 31.1 Å². The van der Waals surface area contributed by atoms with Crippen molar-refractivity contribution in [2.45, 2.75) is 88.3 Å². The van der Waals surface area contributed by atoms with Gasteiger partial charge >= 0.3 is 33.5 Å². The van der Waals surface area contributed by atoms with E-state index in [2.05, 4.69) is 0 Å². The largest absolute Gasteiger partial charge is 0.458 e. The summed E-state index contributed by atoms with van der Waals surface area (Å²) in [6.45, 7) is 5.14. The smallest absolute Gasteiger partial charge is 0.409 e. The van der Waals surface area contributed by atoms with E-state index >= 15 is 0 Å². The summed E-state index contributed by atoms with van der Waals surface area (Å²) in [4.78, 5) is 25.1. The van der Waals surface area contributed by atoms with Gasteiger partial charge in [-0.3, -0.25) is 14.1 Å². The van der Waals surface area contributed by atoms with Crippen molar-refractivity contribution in [1.29, 1.82) is 0 Å². The molecule has 13 heteroatoms. The number of alkyl halides is 5. The molecule has 3 unspecified atom stereocenters. The molecule has 0 heterocycles. The van der Waals surface area contributed by atoms with E-state index in [9.17, 15) is 40.0 Å². The van der Waals surface area contributed by atoms with Crippen molar-refractivity contribution in [2.24, 2.45) is 23.2 Å². The minimum Gasteiger partial charge on any atom is -0.458 e. The van der Waals surface area contributed by atoms with Gasteiger partial charge in [-0.25, -0.2) is 0 Å². The van der Waals surface area contributed by atoms with Gasteiger partial charge < -0.3 is 9.47 Å². The van der Waals surface area contributed by atoms with E-state index in [1.54, 1.807) is 20.8 Å². The lowest BCUT2D eigenvalue weighted by Crippen LogP contribution is -2.63. The maximum Gasteiger partial charge on any atom is 0.409 e. The average molecular weight is 506 g/mol. The highest BCUT2D eigenvalue weighted by atomic mass is 32.2. The van der Waals surface area contributed by atoms with E-state index in [1.165, 1.54) is 0 Å². The lowest BCUT2D eigenvalue weighted by Gasteiger charge is -2.60. The number of ether oxygens (including phenoxy) is 2. The normalized spacial score (nSPS) is 33.0. The molecule has 0 aromatic carbocycles. The molecule has 3 atom stereocenters. The molecule has 7 nitrogen and oxygen atoms in total. The second-order valence-corrected chi connectivity index (χ2v) is 11.9. The Bertz CT molecular complexity index is 914. The van der Waals surface area contributed by atoms with Crippen LogP contribution in [-0.4, -0.2) is 47.5 Å². The molecule has 4 aliphatic carbocycles. The molecular weight excluding hydrogens is 479 g/mol. The van der Waals surface area contributed by atoms with E-state index in [4.69, 9.17) is 14.0 Å². The average Bonchev–Trinajstić information content (AvgIpc) is 2.56. The number of halogens is 5. The van der Waals surface area contributed by atoms with Crippen molar-refractivity contribution >= 4 is 22.1 Å². The number of hydrogen-bond acceptors (Lipinski definition) is 6. The fourth-order valence-electron chi connectivity index (χ4n) is 5.70. The number of rotatable bonds is 7. The first-order chi connectivity index (χ1) is 14.8. The molecule has 0 radical (unpaired) electrons. The standard InChI is InChI=1S/C20H27F5O7S/c1-4-16(2,3)15(27)32-18-8-11-5-12(9-18)7-17(6-11,10-18)31-14(26)13(19(21,22)23)20(24,25)33(28,29)30/h11-13H,4-10H2,1-3H3,(H,28,29,30). The van der Waals surface area contributed by atoms with Crippen molar-refractivity contribution in [3.8, 4) is 0 Å². The van der Waals surface area contributed by atoms with Crippen LogP contribution in [0.1, 0.15) is 65.7 Å². The summed E-state index contributed by atoms with van der Waals surface area (Å²) in [5.41, 5.74) is -3.53. The summed E-state index contributed by atoms with van der Waals surface area (Å²) in [6, 6.07) is 0. The molecule has 190 valence electrons. The Hall–Kier alpha value is -1.50. The van der Waals surface area contributed by atoms with Gasteiger partial charge in [0.05, 0.1) is 5.41 Å². The van der Waals surface area contributed by atoms with Gasteiger partial charge in [0.2, 0.25) is 5.92 Å². The minimum absolute atomic E-state index is 0.0910. The first-order valence-electron chi connectivity index (χ1n) is 10.6. The SMILES string of the molecule is CCC(C)(C)C(=O)OC12CC3CC(CC(OC(=O)C(C(F)(F)F)C(F)(F)S(=O)(=O)O)(C3)C1)C2. The van der Waals surface area contributed by atoms with Crippen LogP contribution in [0.4, 0.5) is 22.0 Å². The molecule has 4 aliphatic rings. The summed E-state index contributed by atoms with van der Waals surface area (Å²) in [7, 11) is -6.57. The number of carbonyl (C=O) groups is 2. The van der Waals surface area contributed by atoms with Crippen LogP contribution in [-0.2, 0) is 29.2 Å². The zero-order chi connectivity index (χ0) is 25.3. The van der Waals surface area contributed by atoms with E-state index in [0.29, 0.717) is 25.7 Å². The Kier molecular flexibility index (Phi) is 6.14. The van der Waals surface area contributed by atoms with Gasteiger partial charge in [-0.15, -0.1) is 0 Å². The third kappa shape index (κ3) is 4.71. The van der Waals surface area contributed by atoms with Gasteiger partial charge in [0.25, 0.3) is 0 Å². The molecule has 0 spiro atoms. The Labute approximate surface area is 188 Å². The fourth-order valence-corrected chi connectivity index (χ4v) is 6.22. The molecule has 4 fully saturated rings. The summed E-state index contributed by atoms with van der Waals surface area (Å²) < 4.78 is 109. The Morgan fingerprint density at radius 1 is 1.00 bits per heavy atom. The highest BCUT2D eigenvalue weighted by Gasteiger charge is 2.69. The molecule has 0 aromatic heterocycles. The molecule has 33 heavy (non-hydrogen) atoms. The lowest BCUT2D eigenvalue weighted by molar-refractivity contribution is -0.257. The molecular formula is C20H27F5O7S. The third-order valence-corrected chi connectivity index (χ3v) is 8.18. The molecule has 0 saturated heterocycles. The summed E-state index contributed by atoms with van der Waals surface area (Å²) in [6.07, 6.45) is -4.02. The Morgan fingerprint density at radius 2 is 1.45 bits per heavy atom. The molecule has 4 saturated carbocycles. The van der Waals surface area contributed by atoms with E-state index < -0.39 is 56.0 Å². The number of carbonyl (C=O) groups excluding carboxylic acids is 2. The molecule has 0 aromatic rings. The quantitative estimate of drug-likeness (QED) is 0.312. The zero-order valence-corrected chi connectivity index (χ0v) is 19.2. The van der Waals surface area contributed by atoms with Gasteiger partial charge in [0.15, 0.2) is 0 Å². The van der Waals surface area contributed by atoms with Crippen LogP contribution >= 0.6 is 0 Å². The van der Waals surface area contributed by atoms with Crippen LogP contribution in [0.15, 0.2) is 0 Å². The number of hydrogen-bond donors (Lipinski definition) is 1. The molecule has 1 N–H and O–H groups in total. The zero-order valence-electron chi connectivity index (χ0n) is 18.4. The third-order valence-electron chi connectivity index (χ3n) is 7.26. The Balaban J connectivity index is 1.90. The van der Waals surface area contributed by atoms with Crippen LogP contribution < -0.4 is 0 Å². The summed E-state index contributed by atoms with van der Waals surface area (Å²) in [5, 5.41) is -5.83. The van der Waals surface area contributed by atoms with Gasteiger partial charge in [-0.1, -0.05) is 6.92 Å². The maximum absolute atomic E-state index is 14.0. The summed E-state index contributed by atoms with van der Waals surface area (Å²) in [5.74, 6) is -7.72.